The van der Waals surface area contributed by atoms with Gasteiger partial charge in [0, 0.05) is 5.56 Å². The van der Waals surface area contributed by atoms with E-state index in [1.807, 2.05) is 19.1 Å². The number of phenolic OH excluding ortho intramolecular Hbond substituents is 1. The Morgan fingerprint density at radius 1 is 0.944 bits per heavy atom. The predicted molar refractivity (Wildman–Crippen MR) is 74.3 cm³/mol. The summed E-state index contributed by atoms with van der Waals surface area (Å²) >= 11 is 0. The third-order valence-corrected chi connectivity index (χ3v) is 3.39. The minimum atomic E-state index is 0.321. The Morgan fingerprint density at radius 2 is 1.67 bits per heavy atom. The summed E-state index contributed by atoms with van der Waals surface area (Å²) in [7, 11) is 1.69. The van der Waals surface area contributed by atoms with E-state index in [4.69, 9.17) is 4.74 Å². The van der Waals surface area contributed by atoms with Crippen molar-refractivity contribution >= 4 is 0 Å². The fourth-order valence-corrected chi connectivity index (χ4v) is 2.10. The Hall–Kier alpha value is -1.96. The Labute approximate surface area is 108 Å². The monoisotopic (exact) mass is 242 g/mol. The van der Waals surface area contributed by atoms with Crippen LogP contribution < -0.4 is 4.74 Å². The molecule has 2 heteroatoms. The van der Waals surface area contributed by atoms with Crippen LogP contribution in [0.1, 0.15) is 16.7 Å². The van der Waals surface area contributed by atoms with Gasteiger partial charge in [0.1, 0.15) is 11.5 Å². The summed E-state index contributed by atoms with van der Waals surface area (Å²) in [6, 6.07) is 9.76. The topological polar surface area (TPSA) is 29.5 Å². The lowest BCUT2D eigenvalue weighted by molar-refractivity contribution is 0.413. The number of aromatic hydroxyl groups is 1. The average Bonchev–Trinajstić information content (AvgIpc) is 2.36. The molecule has 0 bridgehead atoms. The zero-order chi connectivity index (χ0) is 13.3. The molecular formula is C16H18O2. The van der Waals surface area contributed by atoms with Crippen LogP contribution in [0, 0.1) is 20.8 Å². The van der Waals surface area contributed by atoms with E-state index in [-0.39, 0.29) is 0 Å². The zero-order valence-electron chi connectivity index (χ0n) is 11.2. The highest BCUT2D eigenvalue weighted by molar-refractivity contribution is 5.74. The molecule has 2 aromatic rings. The molecule has 0 spiro atoms. The first-order valence-corrected chi connectivity index (χ1v) is 5.98. The zero-order valence-corrected chi connectivity index (χ0v) is 11.2. The van der Waals surface area contributed by atoms with E-state index in [1.165, 1.54) is 5.56 Å². The first kappa shape index (κ1) is 12.5. The quantitative estimate of drug-likeness (QED) is 0.862. The standard InChI is InChI=1S/C16H18O2/c1-10-5-7-14(16(18-4)12(10)3)13-6-8-15(17)11(2)9-13/h5-9,17H,1-4H3. The van der Waals surface area contributed by atoms with Gasteiger partial charge in [-0.3, -0.25) is 0 Å². The molecule has 0 aliphatic carbocycles. The Kier molecular flexibility index (Phi) is 3.28. The summed E-state index contributed by atoms with van der Waals surface area (Å²) in [5.41, 5.74) is 5.36. The molecule has 0 amide bonds. The van der Waals surface area contributed by atoms with Crippen molar-refractivity contribution in [3.05, 3.63) is 47.0 Å². The van der Waals surface area contributed by atoms with Crippen molar-refractivity contribution in [2.75, 3.05) is 7.11 Å². The van der Waals surface area contributed by atoms with E-state index in [0.29, 0.717) is 5.75 Å². The van der Waals surface area contributed by atoms with Crippen LogP contribution in [-0.4, -0.2) is 12.2 Å². The van der Waals surface area contributed by atoms with E-state index in [0.717, 1.165) is 28.0 Å². The van der Waals surface area contributed by atoms with Crippen LogP contribution in [0.15, 0.2) is 30.3 Å². The minimum Gasteiger partial charge on any atom is -0.508 e. The van der Waals surface area contributed by atoms with Gasteiger partial charge in [0.2, 0.25) is 0 Å². The highest BCUT2D eigenvalue weighted by atomic mass is 16.5. The van der Waals surface area contributed by atoms with Crippen LogP contribution in [0.3, 0.4) is 0 Å². The summed E-state index contributed by atoms with van der Waals surface area (Å²) in [5, 5.41) is 9.58. The van der Waals surface area contributed by atoms with Gasteiger partial charge in [0.15, 0.2) is 0 Å². The largest absolute Gasteiger partial charge is 0.508 e. The van der Waals surface area contributed by atoms with Gasteiger partial charge in [-0.25, -0.2) is 0 Å². The molecule has 0 unspecified atom stereocenters. The number of benzene rings is 2. The molecule has 0 heterocycles. The average molecular weight is 242 g/mol. The number of aryl methyl sites for hydroxylation is 2. The second-order valence-electron chi connectivity index (χ2n) is 4.59. The molecule has 0 fully saturated rings. The molecule has 0 aromatic heterocycles. The fraction of sp³-hybridized carbons (Fsp3) is 0.250. The number of hydrogen-bond acceptors (Lipinski definition) is 2. The van der Waals surface area contributed by atoms with Gasteiger partial charge < -0.3 is 9.84 Å². The van der Waals surface area contributed by atoms with E-state index < -0.39 is 0 Å². The maximum absolute atomic E-state index is 9.58. The van der Waals surface area contributed by atoms with Crippen molar-refractivity contribution in [2.24, 2.45) is 0 Å². The second kappa shape index (κ2) is 4.73. The summed E-state index contributed by atoms with van der Waals surface area (Å²) < 4.78 is 5.52. The lowest BCUT2D eigenvalue weighted by atomic mass is 9.97. The van der Waals surface area contributed by atoms with Crippen molar-refractivity contribution in [3.63, 3.8) is 0 Å². The number of ether oxygens (including phenoxy) is 1. The number of methoxy groups -OCH3 is 1. The maximum atomic E-state index is 9.58. The van der Waals surface area contributed by atoms with Crippen molar-refractivity contribution in [1.82, 2.24) is 0 Å². The molecular weight excluding hydrogens is 224 g/mol. The molecule has 2 aromatic carbocycles. The normalized spacial score (nSPS) is 10.4. The molecule has 94 valence electrons. The highest BCUT2D eigenvalue weighted by Crippen LogP contribution is 2.35. The number of hydrogen-bond donors (Lipinski definition) is 1. The van der Waals surface area contributed by atoms with Crippen LogP contribution in [0.4, 0.5) is 0 Å². The molecule has 0 aliphatic heterocycles. The van der Waals surface area contributed by atoms with Crippen molar-refractivity contribution < 1.29 is 9.84 Å². The van der Waals surface area contributed by atoms with Gasteiger partial charge in [0.25, 0.3) is 0 Å². The molecule has 2 rings (SSSR count). The molecule has 0 radical (unpaired) electrons. The Balaban J connectivity index is 2.63. The van der Waals surface area contributed by atoms with Gasteiger partial charge in [-0.05, 0) is 55.2 Å². The third-order valence-electron chi connectivity index (χ3n) is 3.39. The Bertz CT molecular complexity index is 586. The van der Waals surface area contributed by atoms with Crippen LogP contribution in [0.5, 0.6) is 11.5 Å². The minimum absolute atomic E-state index is 0.321. The highest BCUT2D eigenvalue weighted by Gasteiger charge is 2.11. The summed E-state index contributed by atoms with van der Waals surface area (Å²) in [5.74, 6) is 1.22. The summed E-state index contributed by atoms with van der Waals surface area (Å²) in [6.45, 7) is 6.03. The Morgan fingerprint density at radius 3 is 2.28 bits per heavy atom. The molecule has 2 nitrogen and oxygen atoms in total. The predicted octanol–water partition coefficient (Wildman–Crippen LogP) is 3.99. The lowest BCUT2D eigenvalue weighted by Gasteiger charge is -2.14. The van der Waals surface area contributed by atoms with Gasteiger partial charge in [0.05, 0.1) is 7.11 Å². The molecule has 0 aliphatic rings. The van der Waals surface area contributed by atoms with Gasteiger partial charge in [-0.15, -0.1) is 0 Å². The van der Waals surface area contributed by atoms with Gasteiger partial charge in [-0.2, -0.15) is 0 Å². The van der Waals surface area contributed by atoms with Gasteiger partial charge in [-0.1, -0.05) is 18.2 Å². The SMILES string of the molecule is COc1c(-c2ccc(O)c(C)c2)ccc(C)c1C. The lowest BCUT2D eigenvalue weighted by Crippen LogP contribution is -1.94. The van der Waals surface area contributed by atoms with Crippen molar-refractivity contribution in [2.45, 2.75) is 20.8 Å². The van der Waals surface area contributed by atoms with E-state index >= 15 is 0 Å². The third kappa shape index (κ3) is 2.06. The van der Waals surface area contributed by atoms with Crippen LogP contribution in [0.25, 0.3) is 11.1 Å². The van der Waals surface area contributed by atoms with E-state index in [1.54, 1.807) is 13.2 Å². The van der Waals surface area contributed by atoms with Gasteiger partial charge >= 0.3 is 0 Å². The van der Waals surface area contributed by atoms with Crippen molar-refractivity contribution in [3.8, 4) is 22.6 Å². The van der Waals surface area contributed by atoms with Crippen LogP contribution in [0.2, 0.25) is 0 Å². The summed E-state index contributed by atoms with van der Waals surface area (Å²) in [4.78, 5) is 0. The first-order chi connectivity index (χ1) is 8.54. The van der Waals surface area contributed by atoms with Crippen LogP contribution >= 0.6 is 0 Å². The number of phenols is 1. The van der Waals surface area contributed by atoms with E-state index in [2.05, 4.69) is 26.0 Å². The molecule has 0 saturated carbocycles. The fourth-order valence-electron chi connectivity index (χ4n) is 2.10. The van der Waals surface area contributed by atoms with Crippen molar-refractivity contribution in [1.29, 1.82) is 0 Å². The molecule has 0 atom stereocenters. The smallest absolute Gasteiger partial charge is 0.129 e. The number of rotatable bonds is 2. The van der Waals surface area contributed by atoms with E-state index in [9.17, 15) is 5.11 Å². The first-order valence-electron chi connectivity index (χ1n) is 5.98. The molecule has 0 saturated heterocycles. The van der Waals surface area contributed by atoms with Crippen LogP contribution in [-0.2, 0) is 0 Å². The maximum Gasteiger partial charge on any atom is 0.129 e. The molecule has 18 heavy (non-hydrogen) atoms. The molecule has 1 N–H and O–H groups in total. The summed E-state index contributed by atoms with van der Waals surface area (Å²) in [6.07, 6.45) is 0. The second-order valence-corrected chi connectivity index (χ2v) is 4.59.